The maximum atomic E-state index is 12.9. The van der Waals surface area contributed by atoms with E-state index in [1.165, 1.54) is 11.3 Å². The fourth-order valence-corrected chi connectivity index (χ4v) is 4.65. The maximum Gasteiger partial charge on any atom is 0.159 e. The number of carbonyl (C=O) groups excluding carboxylic acids is 1. The molecule has 0 radical (unpaired) electrons. The van der Waals surface area contributed by atoms with Crippen molar-refractivity contribution >= 4 is 5.78 Å². The number of hydrogen-bond donors (Lipinski definition) is 0. The van der Waals surface area contributed by atoms with Gasteiger partial charge in [0.25, 0.3) is 0 Å². The van der Waals surface area contributed by atoms with Gasteiger partial charge >= 0.3 is 0 Å². The molecular formula is C24H34N2O2. The lowest BCUT2D eigenvalue weighted by Crippen LogP contribution is -2.48. The van der Waals surface area contributed by atoms with Crippen molar-refractivity contribution in [1.82, 2.24) is 9.80 Å². The normalized spacial score (nSPS) is 19.9. The predicted octanol–water partition coefficient (Wildman–Crippen LogP) is 4.74. The summed E-state index contributed by atoms with van der Waals surface area (Å²) in [5, 5.41) is 0. The first-order chi connectivity index (χ1) is 13.3. The van der Waals surface area contributed by atoms with Crippen LogP contribution in [0, 0.1) is 26.7 Å². The lowest BCUT2D eigenvalue weighted by molar-refractivity contribution is -0.123. The van der Waals surface area contributed by atoms with Gasteiger partial charge in [-0.25, -0.2) is 0 Å². The molecule has 0 fully saturated rings. The molecule has 2 heterocycles. The highest BCUT2D eigenvalue weighted by Crippen LogP contribution is 2.38. The van der Waals surface area contributed by atoms with Crippen molar-refractivity contribution in [3.05, 3.63) is 52.1 Å². The predicted molar refractivity (Wildman–Crippen MR) is 114 cm³/mol. The van der Waals surface area contributed by atoms with E-state index >= 15 is 0 Å². The Morgan fingerprint density at radius 2 is 1.71 bits per heavy atom. The van der Waals surface area contributed by atoms with Crippen LogP contribution in [-0.2, 0) is 4.79 Å². The van der Waals surface area contributed by atoms with Crippen LogP contribution in [0.15, 0.2) is 35.4 Å². The second-order valence-corrected chi connectivity index (χ2v) is 8.38. The number of allylic oxidation sites excluding steroid dienone is 1. The van der Waals surface area contributed by atoms with E-state index in [9.17, 15) is 4.79 Å². The Labute approximate surface area is 169 Å². The molecule has 1 atom stereocenters. The number of aryl methyl sites for hydroxylation is 3. The summed E-state index contributed by atoms with van der Waals surface area (Å²) in [4.78, 5) is 17.4. The van der Waals surface area contributed by atoms with Crippen LogP contribution in [0.5, 0.6) is 5.75 Å². The van der Waals surface area contributed by atoms with E-state index in [0.29, 0.717) is 12.6 Å². The number of hydrogen-bond acceptors (Lipinski definition) is 4. The average molecular weight is 383 g/mol. The quantitative estimate of drug-likeness (QED) is 0.736. The number of ether oxygens (including phenoxy) is 1. The van der Waals surface area contributed by atoms with E-state index in [1.807, 2.05) is 6.92 Å². The number of ketones is 1. The van der Waals surface area contributed by atoms with Gasteiger partial charge in [0.05, 0.1) is 13.1 Å². The van der Waals surface area contributed by atoms with E-state index in [-0.39, 0.29) is 11.7 Å². The third-order valence-electron chi connectivity index (χ3n) is 6.10. The van der Waals surface area contributed by atoms with Gasteiger partial charge in [-0.3, -0.25) is 4.79 Å². The van der Waals surface area contributed by atoms with Crippen molar-refractivity contribution in [3.8, 4) is 5.75 Å². The number of likely N-dealkylation sites (N-methyl/N-ethyl adjacent to an activating group) is 1. The Morgan fingerprint density at radius 1 is 1.11 bits per heavy atom. The molecule has 2 aliphatic heterocycles. The fourth-order valence-electron chi connectivity index (χ4n) is 4.65. The molecule has 0 aliphatic carbocycles. The van der Waals surface area contributed by atoms with Crippen molar-refractivity contribution in [2.45, 2.75) is 60.4 Å². The topological polar surface area (TPSA) is 32.8 Å². The number of nitrogens with zero attached hydrogens (tertiary/aromatic N) is 2. The Hall–Kier alpha value is -2.23. The summed E-state index contributed by atoms with van der Waals surface area (Å²) >= 11 is 0. The van der Waals surface area contributed by atoms with Crippen molar-refractivity contribution in [3.63, 3.8) is 0 Å². The van der Waals surface area contributed by atoms with Gasteiger partial charge in [0.1, 0.15) is 11.5 Å². The lowest BCUT2D eigenvalue weighted by Gasteiger charge is -2.44. The molecule has 0 bridgehead atoms. The van der Waals surface area contributed by atoms with Crippen molar-refractivity contribution < 1.29 is 9.53 Å². The molecule has 0 saturated carbocycles. The Kier molecular flexibility index (Phi) is 5.87. The lowest BCUT2D eigenvalue weighted by atomic mass is 9.86. The van der Waals surface area contributed by atoms with Gasteiger partial charge in [-0.1, -0.05) is 38.5 Å². The molecule has 0 N–H and O–H groups in total. The highest BCUT2D eigenvalue weighted by Gasteiger charge is 2.38. The van der Waals surface area contributed by atoms with Gasteiger partial charge < -0.3 is 14.5 Å². The molecule has 4 nitrogen and oxygen atoms in total. The van der Waals surface area contributed by atoms with Crippen LogP contribution in [0.3, 0.4) is 0 Å². The van der Waals surface area contributed by atoms with E-state index < -0.39 is 0 Å². The largest absolute Gasteiger partial charge is 0.455 e. The fraction of sp³-hybridized carbons (Fsp3) is 0.542. The smallest absolute Gasteiger partial charge is 0.159 e. The SMILES string of the molecule is CCC(CC)N1CC(=O)C(C)C2=C1CN(C)C=C2Oc1c(C)cc(C)cc1C. The molecule has 4 heteroatoms. The zero-order chi connectivity index (χ0) is 20.6. The molecule has 3 rings (SSSR count). The van der Waals surface area contributed by atoms with E-state index in [0.717, 1.165) is 47.6 Å². The van der Waals surface area contributed by atoms with Gasteiger partial charge in [-0.2, -0.15) is 0 Å². The summed E-state index contributed by atoms with van der Waals surface area (Å²) in [5.74, 6) is 1.86. The zero-order valence-electron chi connectivity index (χ0n) is 18.4. The first kappa shape index (κ1) is 20.5. The summed E-state index contributed by atoms with van der Waals surface area (Å²) in [7, 11) is 2.08. The van der Waals surface area contributed by atoms with Gasteiger partial charge in [0, 0.05) is 36.5 Å². The van der Waals surface area contributed by atoms with Crippen molar-refractivity contribution in [1.29, 1.82) is 0 Å². The summed E-state index contributed by atoms with van der Waals surface area (Å²) in [5.41, 5.74) is 5.81. The average Bonchev–Trinajstić information content (AvgIpc) is 2.62. The minimum Gasteiger partial charge on any atom is -0.455 e. The van der Waals surface area contributed by atoms with Crippen LogP contribution in [0.4, 0.5) is 0 Å². The summed E-state index contributed by atoms with van der Waals surface area (Å²) < 4.78 is 6.51. The summed E-state index contributed by atoms with van der Waals surface area (Å²) in [6, 6.07) is 4.69. The second-order valence-electron chi connectivity index (χ2n) is 8.38. The Morgan fingerprint density at radius 3 is 2.29 bits per heavy atom. The molecule has 1 aromatic rings. The highest BCUT2D eigenvalue weighted by molar-refractivity contribution is 5.88. The summed E-state index contributed by atoms with van der Waals surface area (Å²) in [6.07, 6.45) is 4.13. The molecule has 0 spiro atoms. The van der Waals surface area contributed by atoms with Crippen molar-refractivity contribution in [2.24, 2.45) is 5.92 Å². The monoisotopic (exact) mass is 382 g/mol. The standard InChI is InChI=1S/C24H34N2O2/c1-8-19(9-2)26-13-21(27)18(6)23-20(26)12-25(7)14-22(23)28-24-16(4)10-15(3)11-17(24)5/h10-11,14,18-19H,8-9,12-13H2,1-7H3. The van der Waals surface area contributed by atoms with E-state index in [2.05, 4.69) is 69.8 Å². The van der Waals surface area contributed by atoms with Gasteiger partial charge in [-0.05, 0) is 44.7 Å². The van der Waals surface area contributed by atoms with Gasteiger partial charge in [0.2, 0.25) is 0 Å². The molecule has 0 amide bonds. The molecule has 0 saturated heterocycles. The minimum absolute atomic E-state index is 0.133. The zero-order valence-corrected chi connectivity index (χ0v) is 18.4. The third kappa shape index (κ3) is 3.69. The van der Waals surface area contributed by atoms with Gasteiger partial charge in [0.15, 0.2) is 5.78 Å². The third-order valence-corrected chi connectivity index (χ3v) is 6.10. The van der Waals surface area contributed by atoms with Crippen LogP contribution in [0.2, 0.25) is 0 Å². The highest BCUT2D eigenvalue weighted by atomic mass is 16.5. The van der Waals surface area contributed by atoms with E-state index in [4.69, 9.17) is 4.74 Å². The van der Waals surface area contributed by atoms with Crippen LogP contribution in [-0.4, -0.2) is 41.8 Å². The van der Waals surface area contributed by atoms with Crippen LogP contribution in [0.25, 0.3) is 0 Å². The second kappa shape index (κ2) is 8.02. The molecule has 28 heavy (non-hydrogen) atoms. The minimum atomic E-state index is -0.133. The van der Waals surface area contributed by atoms with Gasteiger partial charge in [-0.15, -0.1) is 0 Å². The molecular weight excluding hydrogens is 348 g/mol. The van der Waals surface area contributed by atoms with Crippen LogP contribution >= 0.6 is 0 Å². The van der Waals surface area contributed by atoms with Crippen LogP contribution in [0.1, 0.15) is 50.3 Å². The maximum absolute atomic E-state index is 12.9. The number of benzene rings is 1. The Balaban J connectivity index is 2.07. The summed E-state index contributed by atoms with van der Waals surface area (Å²) in [6.45, 7) is 14.0. The van der Waals surface area contributed by atoms with E-state index in [1.54, 1.807) is 0 Å². The van der Waals surface area contributed by atoms with Crippen LogP contribution < -0.4 is 4.74 Å². The first-order valence-electron chi connectivity index (χ1n) is 10.5. The molecule has 2 aliphatic rings. The molecule has 1 aromatic carbocycles. The number of Topliss-reactive ketones (excluding diaryl/α,β-unsaturated/α-hetero) is 1. The Bertz CT molecular complexity index is 810. The van der Waals surface area contributed by atoms with Crippen molar-refractivity contribution in [2.75, 3.05) is 20.1 Å². The molecule has 1 unspecified atom stereocenters. The first-order valence-corrected chi connectivity index (χ1v) is 10.5. The number of rotatable bonds is 5. The molecule has 152 valence electrons. The molecule has 0 aromatic heterocycles. The number of carbonyl (C=O) groups is 1.